The molecular weight excluding hydrogens is 748 g/mol. The first kappa shape index (κ1) is 44.4. The van der Waals surface area contributed by atoms with Gasteiger partial charge in [-0.05, 0) is 123 Å². The average molecular weight is 821 g/mol. The molecule has 4 saturated carbocycles. The van der Waals surface area contributed by atoms with Gasteiger partial charge in [-0.15, -0.1) is 0 Å². The molecule has 0 radical (unpaired) electrons. The van der Waals surface area contributed by atoms with Crippen molar-refractivity contribution >= 4 is 11.9 Å². The van der Waals surface area contributed by atoms with Crippen LogP contribution in [0.25, 0.3) is 0 Å². The summed E-state index contributed by atoms with van der Waals surface area (Å²) in [6.07, 6.45) is -2.58. The van der Waals surface area contributed by atoms with Gasteiger partial charge in [0, 0.05) is 0 Å². The Hall–Kier alpha value is -1.68. The van der Waals surface area contributed by atoms with Crippen LogP contribution in [0, 0.1) is 50.2 Å². The minimum atomic E-state index is -1.87. The largest absolute Gasteiger partial charge is 0.469 e. The van der Waals surface area contributed by atoms with E-state index in [1.54, 1.807) is 7.11 Å². The fraction of sp³-hybridized carbons (Fsp3) is 0.911. The lowest BCUT2D eigenvalue weighted by molar-refractivity contribution is -0.397. The third-order valence-corrected chi connectivity index (χ3v) is 17.9. The van der Waals surface area contributed by atoms with Crippen LogP contribution in [0.4, 0.5) is 0 Å². The van der Waals surface area contributed by atoms with E-state index in [1.165, 1.54) is 19.4 Å². The van der Waals surface area contributed by atoms with Crippen LogP contribution < -0.4 is 0 Å². The molecule has 330 valence electrons. The normalized spacial score (nSPS) is 52.1. The van der Waals surface area contributed by atoms with Gasteiger partial charge >= 0.3 is 11.9 Å². The Morgan fingerprint density at radius 3 is 2.10 bits per heavy atom. The van der Waals surface area contributed by atoms with E-state index < -0.39 is 83.8 Å². The van der Waals surface area contributed by atoms with Gasteiger partial charge in [0.25, 0.3) is 0 Å². The molecule has 0 spiro atoms. The molecule has 2 aliphatic heterocycles. The zero-order valence-corrected chi connectivity index (χ0v) is 36.7. The lowest BCUT2D eigenvalue weighted by Gasteiger charge is -2.71. The van der Waals surface area contributed by atoms with E-state index in [9.17, 15) is 35.1 Å². The van der Waals surface area contributed by atoms with Crippen LogP contribution in [0.2, 0.25) is 0 Å². The smallest absolute Gasteiger partial charge is 0.337 e. The molecule has 5 N–H and O–H groups in total. The fourth-order valence-electron chi connectivity index (χ4n) is 14.2. The molecule has 6 fully saturated rings. The van der Waals surface area contributed by atoms with Crippen LogP contribution in [-0.4, -0.2) is 119 Å². The first-order valence-corrected chi connectivity index (χ1v) is 21.8. The van der Waals surface area contributed by atoms with Gasteiger partial charge in [0.1, 0.15) is 36.6 Å². The van der Waals surface area contributed by atoms with Gasteiger partial charge in [-0.3, -0.25) is 4.79 Å². The molecule has 5 aliphatic carbocycles. The first-order valence-electron chi connectivity index (χ1n) is 21.8. The summed E-state index contributed by atoms with van der Waals surface area (Å²) in [6.45, 7) is 19.6. The molecule has 0 bridgehead atoms. The van der Waals surface area contributed by atoms with Crippen LogP contribution in [0.5, 0.6) is 0 Å². The van der Waals surface area contributed by atoms with Gasteiger partial charge in [-0.2, -0.15) is 0 Å². The van der Waals surface area contributed by atoms with E-state index in [0.29, 0.717) is 12.3 Å². The third kappa shape index (κ3) is 6.40. The summed E-state index contributed by atoms with van der Waals surface area (Å²) >= 11 is 0. The number of ether oxygens (including phenoxy) is 6. The molecule has 7 rings (SSSR count). The third-order valence-electron chi connectivity index (χ3n) is 17.9. The van der Waals surface area contributed by atoms with Gasteiger partial charge in [0.15, 0.2) is 18.2 Å². The quantitative estimate of drug-likeness (QED) is 0.143. The SMILES string of the molecule is COC(=O)[C@H]1O[C@@](C)(O[C@H]2CC[C@]3(C)[C@H]4CC=C5[C@H]6CC(C)(C)CC[C@]6(C(=O)OC)CC[C@@]5(C)[C@]4(C)CC[C@H]3C2(C)C)[C@H](O)[C@@H](O[C@H]2O[C@H](C)[C@H](O)[C@@H](O)[C@H]2O)[C@@H]1O. The topological polar surface area (TPSA) is 191 Å². The van der Waals surface area contributed by atoms with Crippen molar-refractivity contribution in [2.24, 2.45) is 50.2 Å². The molecule has 0 unspecified atom stereocenters. The summed E-state index contributed by atoms with van der Waals surface area (Å²) in [6, 6.07) is 0. The molecular formula is C45H72O13. The summed E-state index contributed by atoms with van der Waals surface area (Å²) in [5.41, 5.74) is 0.638. The Kier molecular flexibility index (Phi) is 11.3. The Bertz CT molecular complexity index is 1630. The molecule has 13 nitrogen and oxygen atoms in total. The molecule has 7 aliphatic rings. The van der Waals surface area contributed by atoms with Crippen LogP contribution in [-0.2, 0) is 38.0 Å². The molecule has 2 heterocycles. The molecule has 58 heavy (non-hydrogen) atoms. The number of rotatable bonds is 6. The molecule has 13 heteroatoms. The van der Waals surface area contributed by atoms with Crippen molar-refractivity contribution in [1.82, 2.24) is 0 Å². The second kappa shape index (κ2) is 14.7. The maximum atomic E-state index is 13.7. The van der Waals surface area contributed by atoms with Crippen molar-refractivity contribution in [3.63, 3.8) is 0 Å². The molecule has 0 aromatic carbocycles. The molecule has 0 amide bonds. The van der Waals surface area contributed by atoms with Crippen molar-refractivity contribution in [3.05, 3.63) is 11.6 Å². The molecule has 2 saturated heterocycles. The number of aliphatic hydroxyl groups is 5. The van der Waals surface area contributed by atoms with Crippen LogP contribution in [0.15, 0.2) is 11.6 Å². The number of carbonyl (C=O) groups excluding carboxylic acids is 2. The van der Waals surface area contributed by atoms with Crippen LogP contribution in [0.3, 0.4) is 0 Å². The maximum Gasteiger partial charge on any atom is 0.337 e. The number of hydrogen-bond donors (Lipinski definition) is 5. The van der Waals surface area contributed by atoms with Gasteiger partial charge in [-0.25, -0.2) is 4.79 Å². The fourth-order valence-corrected chi connectivity index (χ4v) is 14.2. The molecule has 18 atom stereocenters. The van der Waals surface area contributed by atoms with E-state index in [4.69, 9.17) is 28.4 Å². The van der Waals surface area contributed by atoms with Crippen LogP contribution >= 0.6 is 0 Å². The van der Waals surface area contributed by atoms with Crippen molar-refractivity contribution in [1.29, 1.82) is 0 Å². The summed E-state index contributed by atoms with van der Waals surface area (Å²) in [5.74, 6) is -2.03. The van der Waals surface area contributed by atoms with E-state index >= 15 is 0 Å². The predicted molar refractivity (Wildman–Crippen MR) is 210 cm³/mol. The predicted octanol–water partition coefficient (Wildman–Crippen LogP) is 4.57. The Morgan fingerprint density at radius 2 is 1.45 bits per heavy atom. The van der Waals surface area contributed by atoms with Crippen molar-refractivity contribution < 1.29 is 63.5 Å². The summed E-state index contributed by atoms with van der Waals surface area (Å²) in [4.78, 5) is 26.7. The standard InChI is InChI=1S/C45H72O13/c1-23-29(46)30(47)31(48)37(55-23)56-33-32(49)34(36(51)53-10)58-44(9,35(33)50)57-28-15-16-41(6)26(40(28,4)5)14-17-43(8)27(41)13-12-24-25-22-39(2,3)18-20-45(25,38(52)54-11)21-19-42(24,43)7/h12,23,25-35,37,46-50H,13-22H2,1-11H3/t23-,25-,26+,27-,28+,29+,30-,31-,32+,33+,34+,35-,37-,41+,42-,43-,44-,45+/m1/s1. The second-order valence-corrected chi connectivity index (χ2v) is 21.6. The minimum Gasteiger partial charge on any atom is -0.469 e. The van der Waals surface area contributed by atoms with E-state index in [0.717, 1.165) is 64.9 Å². The Morgan fingerprint density at radius 1 is 0.776 bits per heavy atom. The first-order chi connectivity index (χ1) is 26.9. The second-order valence-electron chi connectivity index (χ2n) is 21.6. The maximum absolute atomic E-state index is 13.7. The highest BCUT2D eigenvalue weighted by Gasteiger charge is 2.70. The number of methoxy groups -OCH3 is 2. The van der Waals surface area contributed by atoms with E-state index in [2.05, 4.69) is 54.5 Å². The van der Waals surface area contributed by atoms with Crippen molar-refractivity contribution in [2.75, 3.05) is 14.2 Å². The van der Waals surface area contributed by atoms with Crippen molar-refractivity contribution in [3.8, 4) is 0 Å². The Balaban J connectivity index is 1.16. The van der Waals surface area contributed by atoms with Crippen LogP contribution in [0.1, 0.15) is 127 Å². The van der Waals surface area contributed by atoms with E-state index in [1.807, 2.05) is 0 Å². The zero-order valence-electron chi connectivity index (χ0n) is 36.7. The number of hydrogen-bond acceptors (Lipinski definition) is 13. The lowest BCUT2D eigenvalue weighted by Crippen LogP contribution is -2.70. The number of aliphatic hydroxyl groups excluding tert-OH is 5. The van der Waals surface area contributed by atoms with E-state index in [-0.39, 0.29) is 39.5 Å². The number of carbonyl (C=O) groups is 2. The van der Waals surface area contributed by atoms with Gasteiger partial charge in [0.2, 0.25) is 0 Å². The molecule has 0 aromatic heterocycles. The zero-order chi connectivity index (χ0) is 42.8. The van der Waals surface area contributed by atoms with Crippen molar-refractivity contribution in [2.45, 2.75) is 194 Å². The summed E-state index contributed by atoms with van der Waals surface area (Å²) in [7, 11) is 2.71. The number of allylic oxidation sites excluding steroid dienone is 2. The number of esters is 2. The molecule has 0 aromatic rings. The lowest BCUT2D eigenvalue weighted by atomic mass is 9.33. The highest BCUT2D eigenvalue weighted by atomic mass is 16.8. The highest BCUT2D eigenvalue weighted by molar-refractivity contribution is 5.78. The summed E-state index contributed by atoms with van der Waals surface area (Å²) in [5, 5.41) is 54.8. The summed E-state index contributed by atoms with van der Waals surface area (Å²) < 4.78 is 35.2. The Labute approximate surface area is 344 Å². The highest BCUT2D eigenvalue weighted by Crippen LogP contribution is 2.76. The van der Waals surface area contributed by atoms with Gasteiger partial charge < -0.3 is 54.0 Å². The monoisotopic (exact) mass is 820 g/mol. The average Bonchev–Trinajstić information content (AvgIpc) is 3.16. The minimum absolute atomic E-state index is 0.00589. The van der Waals surface area contributed by atoms with Gasteiger partial charge in [-0.1, -0.05) is 60.1 Å². The van der Waals surface area contributed by atoms with Gasteiger partial charge in [0.05, 0.1) is 31.8 Å². The number of fused-ring (bicyclic) bond motifs is 7.